The highest BCUT2D eigenvalue weighted by atomic mass is 79.9. The molecule has 6 rings (SSSR count). The molecule has 0 N–H and O–H groups in total. The lowest BCUT2D eigenvalue weighted by atomic mass is 9.85. The summed E-state index contributed by atoms with van der Waals surface area (Å²) in [6.07, 6.45) is 0. The summed E-state index contributed by atoms with van der Waals surface area (Å²) in [5.41, 5.74) is 6.78. The summed E-state index contributed by atoms with van der Waals surface area (Å²) in [5, 5.41) is 14.4. The zero-order valence-corrected chi connectivity index (χ0v) is 26.3. The lowest BCUT2D eigenvalue weighted by molar-refractivity contribution is -0.134. The van der Waals surface area contributed by atoms with Crippen molar-refractivity contribution >= 4 is 55.8 Å². The van der Waals surface area contributed by atoms with E-state index in [4.69, 9.17) is 14.9 Å². The maximum absolute atomic E-state index is 13.2. The maximum Gasteiger partial charge on any atom is 0.365 e. The largest absolute Gasteiger partial charge is 0.461 e. The number of para-hydroxylation sites is 1. The molecule has 2 aliphatic heterocycles. The summed E-state index contributed by atoms with van der Waals surface area (Å²) in [6.45, 7) is 8.70. The Morgan fingerprint density at radius 2 is 1.45 bits per heavy atom. The minimum absolute atomic E-state index is 0.0391. The molecule has 8 heteroatoms. The van der Waals surface area contributed by atoms with Gasteiger partial charge in [-0.3, -0.25) is 0 Å². The van der Waals surface area contributed by atoms with Crippen molar-refractivity contribution in [2.45, 2.75) is 38.1 Å². The Morgan fingerprint density at radius 3 is 2.12 bits per heavy atom. The van der Waals surface area contributed by atoms with Crippen molar-refractivity contribution in [1.82, 2.24) is 0 Å². The van der Waals surface area contributed by atoms with Crippen molar-refractivity contribution in [3.63, 3.8) is 0 Å². The van der Waals surface area contributed by atoms with Gasteiger partial charge in [0, 0.05) is 21.2 Å². The van der Waals surface area contributed by atoms with Crippen LogP contribution in [-0.2, 0) is 19.9 Å². The predicted molar refractivity (Wildman–Crippen MR) is 176 cm³/mol. The first-order chi connectivity index (χ1) is 20.2. The summed E-state index contributed by atoms with van der Waals surface area (Å²) >= 11 is 4.90. The molecule has 2 heterocycles. The monoisotopic (exact) mass is 638 g/mol. The van der Waals surface area contributed by atoms with Gasteiger partial charge in [0.25, 0.3) is 0 Å². The third-order valence-electron chi connectivity index (χ3n) is 7.28. The summed E-state index contributed by atoms with van der Waals surface area (Å²) in [7, 11) is 0. The van der Waals surface area contributed by atoms with Crippen LogP contribution in [0.2, 0.25) is 0 Å². The van der Waals surface area contributed by atoms with Gasteiger partial charge in [-0.1, -0.05) is 103 Å². The molecule has 0 amide bonds. The van der Waals surface area contributed by atoms with Crippen LogP contribution in [0.5, 0.6) is 0 Å². The first-order valence-corrected chi connectivity index (χ1v) is 15.5. The molecule has 212 valence electrons. The van der Waals surface area contributed by atoms with Crippen LogP contribution < -0.4 is 10.0 Å². The topological polar surface area (TPSA) is 57.5 Å². The maximum atomic E-state index is 13.2. The van der Waals surface area contributed by atoms with E-state index in [9.17, 15) is 4.79 Å². The van der Waals surface area contributed by atoms with Gasteiger partial charge in [-0.15, -0.1) is 0 Å². The molecule has 0 unspecified atom stereocenters. The van der Waals surface area contributed by atoms with Gasteiger partial charge in [0.15, 0.2) is 0 Å². The molecule has 0 saturated heterocycles. The van der Waals surface area contributed by atoms with E-state index in [0.29, 0.717) is 0 Å². The fraction of sp³-hybridized carbons (Fsp3) is 0.206. The zero-order valence-electron chi connectivity index (χ0n) is 23.9. The number of hydrazone groups is 2. The average Bonchev–Trinajstić information content (AvgIpc) is 3.39. The second-order valence-corrected chi connectivity index (χ2v) is 13.2. The van der Waals surface area contributed by atoms with Gasteiger partial charge in [0.1, 0.15) is 0 Å². The molecular formula is C34H31BrN4O2S. The fourth-order valence-corrected chi connectivity index (χ4v) is 6.75. The number of carbonyl (C=O) groups excluding carboxylic acids is 1. The number of nitrogens with zero attached hydrogens (tertiary/aromatic N) is 4. The molecule has 0 saturated carbocycles. The van der Waals surface area contributed by atoms with E-state index in [0.717, 1.165) is 38.2 Å². The van der Waals surface area contributed by atoms with Crippen LogP contribution in [0.1, 0.15) is 49.9 Å². The van der Waals surface area contributed by atoms with Crippen LogP contribution >= 0.6 is 27.7 Å². The molecule has 0 bridgehead atoms. The minimum Gasteiger partial charge on any atom is -0.461 e. The third kappa shape index (κ3) is 4.92. The molecule has 0 radical (unpaired) electrons. The molecule has 4 aromatic carbocycles. The number of esters is 1. The summed E-state index contributed by atoms with van der Waals surface area (Å²) in [5.74, 6) is -0.459. The Bertz CT molecular complexity index is 1680. The smallest absolute Gasteiger partial charge is 0.365 e. The lowest BCUT2D eigenvalue weighted by Gasteiger charge is -2.47. The molecule has 4 aromatic rings. The standard InChI is InChI=1S/C34H31BrN4O2S/c1-5-41-32(40)31-37-39(27-21-19-25(35)20-22-27)34(42-31)29-14-10-9-13-28(29)30(36-38(34)26-11-7-6-8-12-26)23-15-17-24(18-16-23)33(2,3)4/h6-22H,5H2,1-4H3/t34-/m1/s1. The minimum atomic E-state index is -1.04. The number of anilines is 2. The molecule has 1 atom stereocenters. The van der Waals surface area contributed by atoms with Crippen molar-refractivity contribution in [1.29, 1.82) is 0 Å². The SMILES string of the molecule is CCOC(=O)C1=NN(c2ccc(Br)cc2)[C@@]2(S1)c1ccccc1C(c1ccc(C(C)(C)C)cc1)=NN2c1ccccc1. The number of benzene rings is 4. The second kappa shape index (κ2) is 11.1. The van der Waals surface area contributed by atoms with E-state index in [1.165, 1.54) is 17.3 Å². The molecule has 2 aliphatic rings. The molecule has 0 aliphatic carbocycles. The number of thioether (sulfide) groups is 1. The molecule has 42 heavy (non-hydrogen) atoms. The summed E-state index contributed by atoms with van der Waals surface area (Å²) in [4.78, 5) is 12.2. The van der Waals surface area contributed by atoms with Crippen molar-refractivity contribution < 1.29 is 9.53 Å². The molecule has 0 aromatic heterocycles. The Labute approximate surface area is 259 Å². The van der Waals surface area contributed by atoms with Crippen LogP contribution in [0.4, 0.5) is 11.4 Å². The normalized spacial score (nSPS) is 18.0. The number of hydrogen-bond donors (Lipinski definition) is 0. The van der Waals surface area contributed by atoms with Gasteiger partial charge in [-0.2, -0.15) is 10.2 Å². The van der Waals surface area contributed by atoms with Crippen LogP contribution in [0.15, 0.2) is 118 Å². The number of halogens is 1. The van der Waals surface area contributed by atoms with Crippen LogP contribution in [0.25, 0.3) is 0 Å². The predicted octanol–water partition coefficient (Wildman–Crippen LogP) is 8.26. The molecule has 1 spiro atoms. The van der Waals surface area contributed by atoms with E-state index in [-0.39, 0.29) is 17.1 Å². The number of carbonyl (C=O) groups is 1. The van der Waals surface area contributed by atoms with Crippen molar-refractivity contribution in [3.8, 4) is 0 Å². The first kappa shape index (κ1) is 28.2. The van der Waals surface area contributed by atoms with Crippen LogP contribution in [-0.4, -0.2) is 23.3 Å². The Balaban J connectivity index is 1.61. The highest BCUT2D eigenvalue weighted by molar-refractivity contribution is 9.10. The van der Waals surface area contributed by atoms with E-state index in [1.807, 2.05) is 76.7 Å². The highest BCUT2D eigenvalue weighted by Crippen LogP contribution is 2.55. The van der Waals surface area contributed by atoms with Crippen molar-refractivity contribution in [3.05, 3.63) is 130 Å². The van der Waals surface area contributed by atoms with Crippen molar-refractivity contribution in [2.24, 2.45) is 10.2 Å². The first-order valence-electron chi connectivity index (χ1n) is 13.9. The Kier molecular flexibility index (Phi) is 7.45. The second-order valence-electron chi connectivity index (χ2n) is 11.1. The Hall–Kier alpha value is -3.88. The molecular weight excluding hydrogens is 608 g/mol. The van der Waals surface area contributed by atoms with Gasteiger partial charge in [0.2, 0.25) is 10.0 Å². The zero-order chi connectivity index (χ0) is 29.5. The highest BCUT2D eigenvalue weighted by Gasteiger charge is 2.56. The number of ether oxygens (including phenoxy) is 1. The van der Waals surface area contributed by atoms with Gasteiger partial charge in [-0.05, 0) is 66.1 Å². The van der Waals surface area contributed by atoms with E-state index in [2.05, 4.69) is 73.1 Å². The van der Waals surface area contributed by atoms with Gasteiger partial charge >= 0.3 is 5.97 Å². The van der Waals surface area contributed by atoms with E-state index >= 15 is 0 Å². The number of hydrogen-bond acceptors (Lipinski definition) is 7. The van der Waals surface area contributed by atoms with Gasteiger partial charge < -0.3 is 4.74 Å². The molecule has 6 nitrogen and oxygen atoms in total. The number of rotatable bonds is 5. The molecule has 0 fully saturated rings. The van der Waals surface area contributed by atoms with E-state index in [1.54, 1.807) is 6.92 Å². The summed E-state index contributed by atoms with van der Waals surface area (Å²) in [6, 6.07) is 34.8. The number of fused-ring (bicyclic) bond motifs is 2. The summed E-state index contributed by atoms with van der Waals surface area (Å²) < 4.78 is 6.39. The third-order valence-corrected chi connectivity index (χ3v) is 9.10. The average molecular weight is 640 g/mol. The fourth-order valence-electron chi connectivity index (χ4n) is 5.20. The quantitative estimate of drug-likeness (QED) is 0.206. The van der Waals surface area contributed by atoms with Gasteiger partial charge in [0.05, 0.1) is 23.7 Å². The Morgan fingerprint density at radius 1 is 0.833 bits per heavy atom. The lowest BCUT2D eigenvalue weighted by Crippen LogP contribution is -2.54. The van der Waals surface area contributed by atoms with Crippen molar-refractivity contribution in [2.75, 3.05) is 16.6 Å². The van der Waals surface area contributed by atoms with Gasteiger partial charge in [-0.25, -0.2) is 14.8 Å². The van der Waals surface area contributed by atoms with Crippen LogP contribution in [0, 0.1) is 0 Å². The van der Waals surface area contributed by atoms with E-state index < -0.39 is 11.0 Å². The van der Waals surface area contributed by atoms with Crippen LogP contribution in [0.3, 0.4) is 0 Å².